The van der Waals surface area contributed by atoms with Crippen molar-refractivity contribution in [3.8, 4) is 0 Å². The van der Waals surface area contributed by atoms with Crippen LogP contribution in [0.1, 0.15) is 5.56 Å². The molecular formula is C18H18Cl2FN3O. The lowest BCUT2D eigenvalue weighted by molar-refractivity contribution is 0.142. The number of carbonyl (C=O) groups excluding carboxylic acids is 1. The van der Waals surface area contributed by atoms with Crippen LogP contribution in [0.15, 0.2) is 42.5 Å². The fraction of sp³-hybridized carbons (Fsp3) is 0.278. The Morgan fingerprint density at radius 3 is 2.36 bits per heavy atom. The molecule has 1 saturated heterocycles. The zero-order valence-electron chi connectivity index (χ0n) is 13.5. The van der Waals surface area contributed by atoms with Gasteiger partial charge in [-0.25, -0.2) is 9.18 Å². The number of amides is 2. The number of rotatable bonds is 3. The Balaban J connectivity index is 1.53. The molecule has 3 rings (SSSR count). The van der Waals surface area contributed by atoms with Crippen molar-refractivity contribution in [3.05, 3.63) is 63.9 Å². The summed E-state index contributed by atoms with van der Waals surface area (Å²) in [6, 6.07) is 11.5. The van der Waals surface area contributed by atoms with Gasteiger partial charge >= 0.3 is 6.03 Å². The van der Waals surface area contributed by atoms with Crippen LogP contribution in [-0.2, 0) is 6.54 Å². The lowest BCUT2D eigenvalue weighted by Crippen LogP contribution is -2.49. The van der Waals surface area contributed by atoms with E-state index in [0.717, 1.165) is 0 Å². The number of piperazine rings is 1. The van der Waals surface area contributed by atoms with Gasteiger partial charge in [0.05, 0.1) is 0 Å². The Morgan fingerprint density at radius 2 is 1.72 bits per heavy atom. The Hall–Kier alpha value is -1.82. The molecule has 2 amide bonds. The summed E-state index contributed by atoms with van der Waals surface area (Å²) >= 11 is 11.9. The van der Waals surface area contributed by atoms with Crippen LogP contribution in [0.3, 0.4) is 0 Å². The molecule has 0 saturated carbocycles. The largest absolute Gasteiger partial charge is 0.322 e. The number of hydrogen-bond acceptors (Lipinski definition) is 2. The van der Waals surface area contributed by atoms with Crippen LogP contribution < -0.4 is 5.32 Å². The minimum Gasteiger partial charge on any atom is -0.322 e. The lowest BCUT2D eigenvalue weighted by Gasteiger charge is -2.34. The second-order valence-electron chi connectivity index (χ2n) is 5.90. The van der Waals surface area contributed by atoms with Gasteiger partial charge in [-0.2, -0.15) is 0 Å². The molecule has 0 spiro atoms. The van der Waals surface area contributed by atoms with E-state index >= 15 is 0 Å². The summed E-state index contributed by atoms with van der Waals surface area (Å²) in [6.07, 6.45) is 0. The quantitative estimate of drug-likeness (QED) is 0.850. The highest BCUT2D eigenvalue weighted by atomic mass is 35.5. The highest BCUT2D eigenvalue weighted by molar-refractivity contribution is 6.31. The fourth-order valence-electron chi connectivity index (χ4n) is 2.75. The zero-order chi connectivity index (χ0) is 17.8. The van der Waals surface area contributed by atoms with E-state index in [1.807, 2.05) is 0 Å². The SMILES string of the molecule is O=C(Nc1ccc(Cl)cc1)N1CCN(Cc2c(F)cccc2Cl)CC1. The van der Waals surface area contributed by atoms with Crippen LogP contribution in [0.4, 0.5) is 14.9 Å². The van der Waals surface area contributed by atoms with E-state index in [9.17, 15) is 9.18 Å². The van der Waals surface area contributed by atoms with Crippen LogP contribution in [0.2, 0.25) is 10.0 Å². The maximum absolute atomic E-state index is 13.9. The van der Waals surface area contributed by atoms with Crippen molar-refractivity contribution >= 4 is 34.9 Å². The molecule has 2 aromatic carbocycles. The molecule has 25 heavy (non-hydrogen) atoms. The van der Waals surface area contributed by atoms with E-state index in [1.165, 1.54) is 6.07 Å². The van der Waals surface area contributed by atoms with Crippen molar-refractivity contribution in [3.63, 3.8) is 0 Å². The number of hydrogen-bond donors (Lipinski definition) is 1. The minimum absolute atomic E-state index is 0.147. The second kappa shape index (κ2) is 8.04. The number of anilines is 1. The number of carbonyl (C=O) groups is 1. The van der Waals surface area contributed by atoms with Gasteiger partial charge in [0.15, 0.2) is 0 Å². The van der Waals surface area contributed by atoms with Gasteiger partial charge in [0, 0.05) is 54.0 Å². The third-order valence-electron chi connectivity index (χ3n) is 4.20. The maximum atomic E-state index is 13.9. The van der Waals surface area contributed by atoms with Crippen LogP contribution in [0, 0.1) is 5.82 Å². The standard InChI is InChI=1S/C18H18Cl2FN3O/c19-13-4-6-14(7-5-13)22-18(25)24-10-8-23(9-11-24)12-15-16(20)2-1-3-17(15)21/h1-7H,8-12H2,(H,22,25). The molecule has 2 aromatic rings. The Kier molecular flexibility index (Phi) is 5.78. The molecule has 4 nitrogen and oxygen atoms in total. The van der Waals surface area contributed by atoms with Crippen LogP contribution >= 0.6 is 23.2 Å². The average molecular weight is 382 g/mol. The smallest absolute Gasteiger partial charge is 0.321 e. The third kappa shape index (κ3) is 4.63. The monoisotopic (exact) mass is 381 g/mol. The summed E-state index contributed by atoms with van der Waals surface area (Å²) in [5.41, 5.74) is 1.21. The molecule has 0 unspecified atom stereocenters. The molecule has 0 aliphatic carbocycles. The molecule has 0 bridgehead atoms. The first-order chi connectivity index (χ1) is 12.0. The van der Waals surface area contributed by atoms with Gasteiger partial charge in [0.25, 0.3) is 0 Å². The Labute approximate surface area is 156 Å². The van der Waals surface area contributed by atoms with Gasteiger partial charge in [0.1, 0.15) is 5.82 Å². The topological polar surface area (TPSA) is 35.6 Å². The summed E-state index contributed by atoms with van der Waals surface area (Å²) < 4.78 is 13.9. The fourth-order valence-corrected chi connectivity index (χ4v) is 3.10. The maximum Gasteiger partial charge on any atom is 0.321 e. The van der Waals surface area contributed by atoms with Crippen molar-refractivity contribution in [1.82, 2.24) is 9.80 Å². The van der Waals surface area contributed by atoms with E-state index in [1.54, 1.807) is 41.3 Å². The molecule has 0 aromatic heterocycles. The van der Waals surface area contributed by atoms with E-state index in [2.05, 4.69) is 10.2 Å². The summed E-state index contributed by atoms with van der Waals surface area (Å²) in [6.45, 7) is 2.92. The van der Waals surface area contributed by atoms with Crippen LogP contribution in [0.25, 0.3) is 0 Å². The summed E-state index contributed by atoms with van der Waals surface area (Å²) in [5.74, 6) is -0.296. The molecular weight excluding hydrogens is 364 g/mol. The van der Waals surface area contributed by atoms with E-state index in [4.69, 9.17) is 23.2 Å². The molecule has 1 N–H and O–H groups in total. The molecule has 1 aliphatic heterocycles. The van der Waals surface area contributed by atoms with Gasteiger partial charge in [0.2, 0.25) is 0 Å². The van der Waals surface area contributed by atoms with E-state index in [-0.39, 0.29) is 11.8 Å². The number of urea groups is 1. The molecule has 7 heteroatoms. The molecule has 1 heterocycles. The van der Waals surface area contributed by atoms with Crippen molar-refractivity contribution in [2.75, 3.05) is 31.5 Å². The number of benzene rings is 2. The van der Waals surface area contributed by atoms with Gasteiger partial charge in [-0.3, -0.25) is 4.90 Å². The Morgan fingerprint density at radius 1 is 1.04 bits per heavy atom. The normalized spacial score (nSPS) is 15.2. The van der Waals surface area contributed by atoms with Gasteiger partial charge < -0.3 is 10.2 Å². The number of halogens is 3. The van der Waals surface area contributed by atoms with Crippen LogP contribution in [-0.4, -0.2) is 42.0 Å². The van der Waals surface area contributed by atoms with Crippen molar-refractivity contribution in [2.24, 2.45) is 0 Å². The molecule has 0 radical (unpaired) electrons. The molecule has 0 atom stereocenters. The first kappa shape index (κ1) is 18.0. The summed E-state index contributed by atoms with van der Waals surface area (Å²) in [4.78, 5) is 16.1. The highest BCUT2D eigenvalue weighted by Crippen LogP contribution is 2.21. The lowest BCUT2D eigenvalue weighted by atomic mass is 10.2. The molecule has 132 valence electrons. The van der Waals surface area contributed by atoms with Crippen molar-refractivity contribution < 1.29 is 9.18 Å². The van der Waals surface area contributed by atoms with Crippen molar-refractivity contribution in [1.29, 1.82) is 0 Å². The van der Waals surface area contributed by atoms with E-state index in [0.29, 0.717) is 54.0 Å². The predicted octanol–water partition coefficient (Wildman–Crippen LogP) is 4.48. The van der Waals surface area contributed by atoms with E-state index < -0.39 is 0 Å². The first-order valence-corrected chi connectivity index (χ1v) is 8.75. The molecule has 1 fully saturated rings. The van der Waals surface area contributed by atoms with Gasteiger partial charge in [-0.15, -0.1) is 0 Å². The summed E-state index contributed by atoms with van der Waals surface area (Å²) in [7, 11) is 0. The highest BCUT2D eigenvalue weighted by Gasteiger charge is 2.22. The summed E-state index contributed by atoms with van der Waals surface area (Å²) in [5, 5.41) is 3.91. The van der Waals surface area contributed by atoms with Gasteiger partial charge in [-0.05, 0) is 36.4 Å². The third-order valence-corrected chi connectivity index (χ3v) is 4.80. The van der Waals surface area contributed by atoms with Crippen LogP contribution in [0.5, 0.6) is 0 Å². The van der Waals surface area contributed by atoms with Gasteiger partial charge in [-0.1, -0.05) is 29.3 Å². The molecule has 1 aliphatic rings. The Bertz CT molecular complexity index is 726. The first-order valence-electron chi connectivity index (χ1n) is 7.99. The zero-order valence-corrected chi connectivity index (χ0v) is 15.0. The number of nitrogens with zero attached hydrogens (tertiary/aromatic N) is 2. The average Bonchev–Trinajstić information content (AvgIpc) is 2.61. The minimum atomic E-state index is -0.296. The predicted molar refractivity (Wildman–Crippen MR) is 98.7 cm³/mol. The number of nitrogens with one attached hydrogen (secondary N) is 1. The van der Waals surface area contributed by atoms with Crippen molar-refractivity contribution in [2.45, 2.75) is 6.54 Å². The second-order valence-corrected chi connectivity index (χ2v) is 6.74.